The van der Waals surface area contributed by atoms with Crippen LogP contribution in [0.5, 0.6) is 5.75 Å². The van der Waals surface area contributed by atoms with Gasteiger partial charge in [-0.15, -0.1) is 11.3 Å². The first-order chi connectivity index (χ1) is 17.2. The van der Waals surface area contributed by atoms with E-state index in [4.69, 9.17) is 9.47 Å². The molecule has 3 rings (SSSR count). The highest BCUT2D eigenvalue weighted by Crippen LogP contribution is 2.38. The van der Waals surface area contributed by atoms with E-state index in [1.165, 1.54) is 16.9 Å². The maximum Gasteiger partial charge on any atom is 0.341 e. The molecular weight excluding hydrogens is 470 g/mol. The van der Waals surface area contributed by atoms with Crippen molar-refractivity contribution in [2.24, 2.45) is 0 Å². The van der Waals surface area contributed by atoms with E-state index >= 15 is 0 Å². The van der Waals surface area contributed by atoms with Gasteiger partial charge < -0.3 is 14.8 Å². The molecule has 0 atom stereocenters. The first-order valence-electron chi connectivity index (χ1n) is 12.6. The average Bonchev–Trinajstić information content (AvgIpc) is 3.25. The summed E-state index contributed by atoms with van der Waals surface area (Å²) in [5, 5.41) is 5.35. The summed E-state index contributed by atoms with van der Waals surface area (Å²) in [7, 11) is 0. The minimum Gasteiger partial charge on any atom is -0.494 e. The predicted molar refractivity (Wildman–Crippen MR) is 148 cm³/mol. The third-order valence-electron chi connectivity index (χ3n) is 6.53. The average molecular weight is 508 g/mol. The van der Waals surface area contributed by atoms with E-state index in [2.05, 4.69) is 44.3 Å². The maximum atomic E-state index is 12.8. The summed E-state index contributed by atoms with van der Waals surface area (Å²) in [6.45, 7) is 13.2. The minimum absolute atomic E-state index is 0.138. The van der Waals surface area contributed by atoms with Gasteiger partial charge in [0.25, 0.3) is 0 Å². The van der Waals surface area contributed by atoms with E-state index < -0.39 is 5.97 Å². The van der Waals surface area contributed by atoms with Crippen LogP contribution >= 0.6 is 11.3 Å². The highest BCUT2D eigenvalue weighted by Gasteiger charge is 2.23. The van der Waals surface area contributed by atoms with E-state index in [0.29, 0.717) is 30.0 Å². The Morgan fingerprint density at radius 2 is 1.72 bits per heavy atom. The standard InChI is InChI=1S/C30H37NO4S/c1-7-30(5,6)22-12-14-23(15-13-22)35-17-9-10-26(32)31-28-27(29(33)34-8-2)25(19-36-28)24-16-11-20(3)18-21(24)4/h11-16,18-19H,7-10,17H2,1-6H3,(H,31,32). The van der Waals surface area contributed by atoms with Gasteiger partial charge in [0, 0.05) is 17.4 Å². The van der Waals surface area contributed by atoms with E-state index in [9.17, 15) is 9.59 Å². The van der Waals surface area contributed by atoms with Crippen molar-refractivity contribution in [2.75, 3.05) is 18.5 Å². The van der Waals surface area contributed by atoms with E-state index in [-0.39, 0.29) is 17.9 Å². The van der Waals surface area contributed by atoms with Crippen molar-refractivity contribution < 1.29 is 19.1 Å². The SMILES string of the molecule is CCOC(=O)c1c(-c2ccc(C)cc2C)csc1NC(=O)CCCOc1ccc(C(C)(C)CC)cc1. The quantitative estimate of drug-likeness (QED) is 0.213. The lowest BCUT2D eigenvalue weighted by atomic mass is 9.82. The Bertz CT molecular complexity index is 1190. The number of anilines is 1. The minimum atomic E-state index is -0.429. The molecule has 0 saturated carbocycles. The van der Waals surface area contributed by atoms with E-state index in [0.717, 1.165) is 34.4 Å². The van der Waals surface area contributed by atoms with Gasteiger partial charge in [0.05, 0.1) is 13.2 Å². The van der Waals surface area contributed by atoms with Crippen LogP contribution in [0.4, 0.5) is 5.00 Å². The number of aryl methyl sites for hydroxylation is 2. The zero-order valence-electron chi connectivity index (χ0n) is 22.2. The second kappa shape index (κ2) is 12.2. The van der Waals surface area contributed by atoms with Gasteiger partial charge in [0.15, 0.2) is 0 Å². The molecule has 0 aliphatic heterocycles. The number of hydrogen-bond acceptors (Lipinski definition) is 5. The number of amides is 1. The first kappa shape index (κ1) is 27.5. The van der Waals surface area contributed by atoms with Gasteiger partial charge >= 0.3 is 5.97 Å². The molecule has 0 aliphatic carbocycles. The fourth-order valence-corrected chi connectivity index (χ4v) is 4.95. The van der Waals surface area contributed by atoms with Gasteiger partial charge in [-0.2, -0.15) is 0 Å². The Kier molecular flexibility index (Phi) is 9.32. The second-order valence-electron chi connectivity index (χ2n) is 9.65. The Morgan fingerprint density at radius 1 is 1.00 bits per heavy atom. The maximum absolute atomic E-state index is 12.8. The normalized spacial score (nSPS) is 11.3. The van der Waals surface area contributed by atoms with Crippen LogP contribution in [0.25, 0.3) is 11.1 Å². The van der Waals surface area contributed by atoms with Crippen molar-refractivity contribution in [3.05, 3.63) is 70.1 Å². The number of nitrogens with one attached hydrogen (secondary N) is 1. The molecule has 1 aromatic heterocycles. The van der Waals surface area contributed by atoms with Crippen LogP contribution in [-0.2, 0) is 14.9 Å². The van der Waals surface area contributed by atoms with Gasteiger partial charge in [-0.1, -0.05) is 56.7 Å². The summed E-state index contributed by atoms with van der Waals surface area (Å²) in [5.74, 6) is 0.215. The molecule has 0 spiro atoms. The number of carbonyl (C=O) groups is 2. The van der Waals surface area contributed by atoms with Gasteiger partial charge in [-0.05, 0) is 67.9 Å². The van der Waals surface area contributed by atoms with Crippen molar-refractivity contribution in [1.82, 2.24) is 0 Å². The number of ether oxygens (including phenoxy) is 2. The molecule has 6 heteroatoms. The van der Waals surface area contributed by atoms with Gasteiger partial charge in [0.2, 0.25) is 5.91 Å². The zero-order valence-corrected chi connectivity index (χ0v) is 23.0. The zero-order chi connectivity index (χ0) is 26.3. The third-order valence-corrected chi connectivity index (χ3v) is 7.43. The summed E-state index contributed by atoms with van der Waals surface area (Å²) >= 11 is 1.34. The van der Waals surface area contributed by atoms with Crippen molar-refractivity contribution in [1.29, 1.82) is 0 Å². The lowest BCUT2D eigenvalue weighted by Crippen LogP contribution is -2.16. The number of rotatable bonds is 11. The molecule has 3 aromatic rings. The molecule has 1 amide bonds. The fourth-order valence-electron chi connectivity index (χ4n) is 3.99. The fraction of sp³-hybridized carbons (Fsp3) is 0.400. The molecule has 0 aliphatic rings. The summed E-state index contributed by atoms with van der Waals surface area (Å²) in [4.78, 5) is 25.5. The molecule has 1 N–H and O–H groups in total. The van der Waals surface area contributed by atoms with Crippen molar-refractivity contribution in [3.8, 4) is 16.9 Å². The van der Waals surface area contributed by atoms with Gasteiger partial charge in [-0.3, -0.25) is 4.79 Å². The molecule has 0 radical (unpaired) electrons. The monoisotopic (exact) mass is 507 g/mol. The predicted octanol–water partition coefficient (Wildman–Crippen LogP) is 7.69. The van der Waals surface area contributed by atoms with Crippen LogP contribution in [0.2, 0.25) is 0 Å². The second-order valence-corrected chi connectivity index (χ2v) is 10.5. The Hall–Kier alpha value is -3.12. The van der Waals surface area contributed by atoms with Gasteiger partial charge in [0.1, 0.15) is 16.3 Å². The lowest BCUT2D eigenvalue weighted by molar-refractivity contribution is -0.116. The molecule has 36 heavy (non-hydrogen) atoms. The van der Waals surface area contributed by atoms with Crippen LogP contribution in [0.15, 0.2) is 47.8 Å². The molecule has 1 heterocycles. The highest BCUT2D eigenvalue weighted by molar-refractivity contribution is 7.15. The molecule has 5 nitrogen and oxygen atoms in total. The van der Waals surface area contributed by atoms with Crippen LogP contribution in [0, 0.1) is 13.8 Å². The smallest absolute Gasteiger partial charge is 0.341 e. The summed E-state index contributed by atoms with van der Waals surface area (Å²) < 4.78 is 11.1. The summed E-state index contributed by atoms with van der Waals surface area (Å²) in [5.41, 5.74) is 5.80. The first-order valence-corrected chi connectivity index (χ1v) is 13.4. The van der Waals surface area contributed by atoms with Crippen LogP contribution in [-0.4, -0.2) is 25.1 Å². The molecule has 192 valence electrons. The molecular formula is C30H37NO4S. The highest BCUT2D eigenvalue weighted by atomic mass is 32.1. The van der Waals surface area contributed by atoms with Crippen LogP contribution in [0.1, 0.15) is 74.0 Å². The molecule has 0 unspecified atom stereocenters. The number of hydrogen-bond donors (Lipinski definition) is 1. The topological polar surface area (TPSA) is 64.6 Å². The van der Waals surface area contributed by atoms with Crippen molar-refractivity contribution in [3.63, 3.8) is 0 Å². The molecule has 0 fully saturated rings. The Balaban J connectivity index is 1.62. The molecule has 0 saturated heterocycles. The number of benzene rings is 2. The van der Waals surface area contributed by atoms with E-state index in [1.54, 1.807) is 6.92 Å². The number of esters is 1. The van der Waals surface area contributed by atoms with Crippen LogP contribution in [0.3, 0.4) is 0 Å². The van der Waals surface area contributed by atoms with Crippen molar-refractivity contribution >= 4 is 28.2 Å². The summed E-state index contributed by atoms with van der Waals surface area (Å²) in [6, 6.07) is 14.3. The molecule has 2 aromatic carbocycles. The lowest BCUT2D eigenvalue weighted by Gasteiger charge is -2.23. The van der Waals surface area contributed by atoms with Gasteiger partial charge in [-0.25, -0.2) is 4.79 Å². The number of thiophene rings is 1. The van der Waals surface area contributed by atoms with Crippen molar-refractivity contribution in [2.45, 2.75) is 66.2 Å². The van der Waals surface area contributed by atoms with E-state index in [1.807, 2.05) is 43.5 Å². The number of carbonyl (C=O) groups excluding carboxylic acids is 2. The van der Waals surface area contributed by atoms with Crippen LogP contribution < -0.4 is 10.1 Å². The largest absolute Gasteiger partial charge is 0.494 e. The molecule has 0 bridgehead atoms. The Morgan fingerprint density at radius 3 is 2.36 bits per heavy atom. The Labute approximate surface area is 218 Å². The third kappa shape index (κ3) is 6.76. The summed E-state index contributed by atoms with van der Waals surface area (Å²) in [6.07, 6.45) is 1.93.